The zero-order valence-electron chi connectivity index (χ0n) is 40.6. The first-order chi connectivity index (χ1) is 35.2. The van der Waals surface area contributed by atoms with E-state index in [1.165, 1.54) is 11.1 Å². The molecule has 7 aliphatic rings. The number of ether oxygens (including phenoxy) is 4. The predicted molar refractivity (Wildman–Crippen MR) is 268 cm³/mol. The zero-order chi connectivity index (χ0) is 50.2. The number of morpholine rings is 1. The molecule has 0 unspecified atom stereocenters. The normalized spacial score (nSPS) is 25.1. The summed E-state index contributed by atoms with van der Waals surface area (Å²) in [4.78, 5) is 42.9. The van der Waals surface area contributed by atoms with Crippen LogP contribution >= 0.6 is 0 Å². The van der Waals surface area contributed by atoms with Gasteiger partial charge in [-0.2, -0.15) is 4.98 Å². The number of hydrogen-bond acceptors (Lipinski definition) is 15. The van der Waals surface area contributed by atoms with Crippen LogP contribution in [0.1, 0.15) is 72.5 Å². The van der Waals surface area contributed by atoms with E-state index in [1.807, 2.05) is 34.1 Å². The number of aromatic amines is 1. The number of sulfonamides is 1. The second kappa shape index (κ2) is 18.7. The summed E-state index contributed by atoms with van der Waals surface area (Å²) < 4.78 is 83.0. The maximum atomic E-state index is 14.8. The number of likely N-dealkylation sites (tertiary alicyclic amines) is 1. The number of halogens is 2. The van der Waals surface area contributed by atoms with Crippen molar-refractivity contribution in [1.29, 1.82) is 0 Å². The van der Waals surface area contributed by atoms with E-state index < -0.39 is 49.5 Å². The number of nitro groups is 1. The van der Waals surface area contributed by atoms with Crippen LogP contribution < -0.4 is 29.3 Å². The average molecular weight is 1020 g/mol. The first kappa shape index (κ1) is 47.8. The lowest BCUT2D eigenvalue weighted by Crippen LogP contribution is -2.58. The number of H-pyrrole nitrogens is 1. The highest BCUT2D eigenvalue weighted by atomic mass is 32.2. The van der Waals surface area contributed by atoms with Crippen LogP contribution in [0.15, 0.2) is 77.8 Å². The Balaban J connectivity index is 0.825. The molecule has 4 atom stereocenters. The molecular weight excluding hydrogens is 965 g/mol. The SMILES string of the molecule is Cc1ccccc1[C@@H]1COCCN1C1CC2(CCN(c3ccc(C(=O)NS(=O)(=O)c4cc5c(c([N+](=O)[O-])c4)N[C@@H](CN4CCC(F)(F)CC4)CO5)c(N4c5cc6cc[nH]c6nc5O[C@H]5COCC[C@@H]54)c3)CC2)C1. The van der Waals surface area contributed by atoms with Crippen molar-refractivity contribution in [3.63, 3.8) is 0 Å². The Morgan fingerprint density at radius 1 is 0.932 bits per heavy atom. The molecule has 21 heteroatoms. The van der Waals surface area contributed by atoms with Crippen LogP contribution in [-0.4, -0.2) is 141 Å². The van der Waals surface area contributed by atoms with Crippen LogP contribution in [-0.2, 0) is 19.5 Å². The van der Waals surface area contributed by atoms with Gasteiger partial charge in [-0.05, 0) is 85.9 Å². The molecule has 3 N–H and O–H groups in total. The molecule has 1 aliphatic carbocycles. The number of aryl methyl sites for hydroxylation is 1. The number of pyridine rings is 1. The predicted octanol–water partition coefficient (Wildman–Crippen LogP) is 7.31. The van der Waals surface area contributed by atoms with Gasteiger partial charge in [0.05, 0.1) is 59.0 Å². The van der Waals surface area contributed by atoms with Gasteiger partial charge in [-0.1, -0.05) is 24.3 Å². The van der Waals surface area contributed by atoms with Gasteiger partial charge >= 0.3 is 0 Å². The summed E-state index contributed by atoms with van der Waals surface area (Å²) in [6.07, 6.45) is 5.55. The fourth-order valence-corrected chi connectivity index (χ4v) is 13.4. The number of amides is 1. The van der Waals surface area contributed by atoms with Crippen molar-refractivity contribution in [2.75, 3.05) is 87.4 Å². The van der Waals surface area contributed by atoms with Crippen molar-refractivity contribution in [2.24, 2.45) is 5.41 Å². The third-order valence-corrected chi connectivity index (χ3v) is 17.8. The number of carbonyl (C=O) groups excluding carboxylic acids is 1. The number of piperidine rings is 2. The van der Waals surface area contributed by atoms with Crippen molar-refractivity contribution in [3.05, 3.63) is 99.7 Å². The fourth-order valence-electron chi connectivity index (χ4n) is 12.4. The number of fused-ring (bicyclic) bond motifs is 4. The van der Waals surface area contributed by atoms with Gasteiger partial charge in [0.1, 0.15) is 24.0 Å². The van der Waals surface area contributed by atoms with Crippen LogP contribution in [0.5, 0.6) is 11.6 Å². The van der Waals surface area contributed by atoms with E-state index >= 15 is 0 Å². The highest BCUT2D eigenvalue weighted by Gasteiger charge is 2.50. The fraction of sp³-hybridized carbons (Fsp3) is 0.500. The van der Waals surface area contributed by atoms with Crippen LogP contribution in [0.3, 0.4) is 0 Å². The molecule has 73 heavy (non-hydrogen) atoms. The second-order valence-electron chi connectivity index (χ2n) is 20.9. The molecule has 6 aliphatic heterocycles. The van der Waals surface area contributed by atoms with Crippen LogP contribution in [0.2, 0.25) is 0 Å². The van der Waals surface area contributed by atoms with E-state index in [9.17, 15) is 32.1 Å². The number of hydrogen-bond donors (Lipinski definition) is 3. The summed E-state index contributed by atoms with van der Waals surface area (Å²) in [6.45, 7) is 7.44. The van der Waals surface area contributed by atoms with E-state index in [4.69, 9.17) is 23.9 Å². The van der Waals surface area contributed by atoms with Crippen LogP contribution in [0.4, 0.5) is 37.2 Å². The molecular formula is C52H59F2N9O9S. The maximum absolute atomic E-state index is 14.8. The largest absolute Gasteiger partial charge is 0.489 e. The van der Waals surface area contributed by atoms with Gasteiger partial charge in [0.25, 0.3) is 27.5 Å². The Bertz CT molecular complexity index is 3060. The molecule has 386 valence electrons. The number of nitrogens with zero attached hydrogens (tertiary/aromatic N) is 6. The van der Waals surface area contributed by atoms with Gasteiger partial charge in [-0.3, -0.25) is 19.8 Å². The molecule has 18 nitrogen and oxygen atoms in total. The summed E-state index contributed by atoms with van der Waals surface area (Å²) in [7, 11) is -4.76. The monoisotopic (exact) mass is 1020 g/mol. The number of benzene rings is 3. The van der Waals surface area contributed by atoms with Crippen LogP contribution in [0.25, 0.3) is 11.0 Å². The zero-order valence-corrected chi connectivity index (χ0v) is 41.4. The van der Waals surface area contributed by atoms with Gasteiger partial charge < -0.3 is 43.9 Å². The molecule has 0 radical (unpaired) electrons. The van der Waals surface area contributed by atoms with Crippen molar-refractivity contribution in [3.8, 4) is 11.6 Å². The maximum Gasteiger partial charge on any atom is 0.297 e. The number of nitro benzene ring substituents is 1. The topological polar surface area (TPSA) is 197 Å². The molecule has 2 aromatic heterocycles. The molecule has 3 aromatic carbocycles. The lowest BCUT2D eigenvalue weighted by Gasteiger charge is -2.57. The minimum absolute atomic E-state index is 0.00261. The number of carbonyl (C=O) groups is 1. The Kier molecular flexibility index (Phi) is 12.2. The number of anilines is 4. The minimum atomic E-state index is -4.76. The highest BCUT2D eigenvalue weighted by Crippen LogP contribution is 2.54. The molecule has 1 amide bonds. The van der Waals surface area contributed by atoms with Gasteiger partial charge in [-0.15, -0.1) is 0 Å². The van der Waals surface area contributed by atoms with E-state index in [0.717, 1.165) is 75.1 Å². The highest BCUT2D eigenvalue weighted by molar-refractivity contribution is 7.90. The molecule has 4 saturated heterocycles. The Morgan fingerprint density at radius 2 is 1.73 bits per heavy atom. The third-order valence-electron chi connectivity index (χ3n) is 16.4. The number of alkyl halides is 2. The van der Waals surface area contributed by atoms with Gasteiger partial charge in [0.2, 0.25) is 5.88 Å². The summed E-state index contributed by atoms with van der Waals surface area (Å²) in [5.74, 6) is -3.41. The Morgan fingerprint density at radius 3 is 2.52 bits per heavy atom. The van der Waals surface area contributed by atoms with Crippen molar-refractivity contribution in [2.45, 2.75) is 93.0 Å². The number of nitrogens with one attached hydrogen (secondary N) is 3. The molecule has 8 heterocycles. The van der Waals surface area contributed by atoms with E-state index in [1.54, 1.807) is 12.3 Å². The molecule has 5 fully saturated rings. The average Bonchev–Trinajstić information content (AvgIpc) is 3.84. The lowest BCUT2D eigenvalue weighted by molar-refractivity contribution is -0.384. The van der Waals surface area contributed by atoms with E-state index in [0.29, 0.717) is 55.1 Å². The molecule has 5 aromatic rings. The first-order valence-corrected chi connectivity index (χ1v) is 26.9. The van der Waals surface area contributed by atoms with E-state index in [2.05, 4.69) is 56.0 Å². The molecule has 0 bridgehead atoms. The summed E-state index contributed by atoms with van der Waals surface area (Å²) in [6, 6.07) is 19.9. The van der Waals surface area contributed by atoms with Crippen molar-refractivity contribution < 1.29 is 45.9 Å². The number of aromatic nitrogens is 2. The van der Waals surface area contributed by atoms with Crippen LogP contribution in [0, 0.1) is 22.5 Å². The number of rotatable bonds is 10. The third kappa shape index (κ3) is 9.10. The molecule has 1 spiro atoms. The minimum Gasteiger partial charge on any atom is -0.489 e. The van der Waals surface area contributed by atoms with E-state index in [-0.39, 0.29) is 73.6 Å². The van der Waals surface area contributed by atoms with Gasteiger partial charge in [-0.25, -0.2) is 21.9 Å². The Hall–Kier alpha value is -6.13. The van der Waals surface area contributed by atoms with Gasteiger partial charge in [0, 0.05) is 94.2 Å². The van der Waals surface area contributed by atoms with Crippen molar-refractivity contribution >= 4 is 55.4 Å². The molecule has 1 saturated carbocycles. The second-order valence-corrected chi connectivity index (χ2v) is 22.6. The summed E-state index contributed by atoms with van der Waals surface area (Å²) in [5.41, 5.74) is 4.87. The van der Waals surface area contributed by atoms with Gasteiger partial charge in [0.15, 0.2) is 11.4 Å². The quantitative estimate of drug-likeness (QED) is 0.0930. The first-order valence-electron chi connectivity index (χ1n) is 25.4. The summed E-state index contributed by atoms with van der Waals surface area (Å²) >= 11 is 0. The standard InChI is InChI=1S/C52H59F2N9O9S/c1-32-4-2-3-5-38(32)44-30-70-21-19-61(44)36-26-51(27-36)10-17-60(18-11-51)35-6-7-39(41(23-35)62-40-9-20-69-31-46(40)72-50-43(62)22-33-8-14-55-48(33)57-50)49(64)58-73(67,68)37-24-42(63(65)66)47-45(25-37)71-29-34(56-47)28-59-15-12-52(53,54)13-16-59/h2-8,14,22-25,34,36,40,44,46,56H,9-13,15-21,26-31H2,1H3,(H,55,57)(H,58,64)/t34-,40-,44-,46-/m0/s1. The molecule has 12 rings (SSSR count). The van der Waals surface area contributed by atoms with Crippen molar-refractivity contribution in [1.82, 2.24) is 24.5 Å². The smallest absolute Gasteiger partial charge is 0.297 e. The Labute approximate surface area is 421 Å². The lowest BCUT2D eigenvalue weighted by atomic mass is 9.59. The summed E-state index contributed by atoms with van der Waals surface area (Å²) in [5, 5.41) is 16.4.